The number of hydrogen-bond acceptors (Lipinski definition) is 3. The van der Waals surface area contributed by atoms with Crippen molar-refractivity contribution in [3.63, 3.8) is 0 Å². The number of rotatable bonds is 7. The Kier molecular flexibility index (Phi) is 6.70. The van der Waals surface area contributed by atoms with Crippen LogP contribution in [0.2, 0.25) is 18.1 Å². The Bertz CT molecular complexity index is 1010. The Labute approximate surface area is 185 Å². The second-order valence-corrected chi connectivity index (χ2v) is 14.1. The number of para-hydroxylation sites is 1. The number of carbonyl (C=O) groups excluding carboxylic acids is 1. The minimum Gasteiger partial charge on any atom is -0.412 e. The first-order chi connectivity index (χ1) is 14.7. The van der Waals surface area contributed by atoms with Crippen molar-refractivity contribution >= 4 is 26.0 Å². The van der Waals surface area contributed by atoms with Crippen LogP contribution in [-0.4, -0.2) is 26.3 Å². The highest BCUT2D eigenvalue weighted by molar-refractivity contribution is 6.74. The zero-order chi connectivity index (χ0) is 22.6. The van der Waals surface area contributed by atoms with E-state index in [0.717, 1.165) is 16.8 Å². The quantitative estimate of drug-likeness (QED) is 0.168. The number of β-lactam (4-membered cyclic amide) rings is 1. The summed E-state index contributed by atoms with van der Waals surface area (Å²) in [4.78, 5) is 17.5. The summed E-state index contributed by atoms with van der Waals surface area (Å²) in [5.41, 5.74) is 11.7. The molecule has 0 aromatic heterocycles. The largest absolute Gasteiger partial charge is 0.412 e. The van der Waals surface area contributed by atoms with Crippen LogP contribution >= 0.6 is 0 Å². The summed E-state index contributed by atoms with van der Waals surface area (Å²) in [6.07, 6.45) is 3.89. The van der Waals surface area contributed by atoms with E-state index in [2.05, 4.69) is 43.9 Å². The summed E-state index contributed by atoms with van der Waals surface area (Å²) >= 11 is 0. The number of carbonyl (C=O) groups is 1. The van der Waals surface area contributed by atoms with Gasteiger partial charge in [0, 0.05) is 16.2 Å². The SMILES string of the molecule is CC(C)(C)[Si](C)(C)OCc1ccccc1N1C(=O)[C@H](N=[N+]=[N-])[C@@H]1/C=C\c1ccccc1. The van der Waals surface area contributed by atoms with Gasteiger partial charge in [-0.3, -0.25) is 4.79 Å². The maximum absolute atomic E-state index is 12.9. The lowest BCUT2D eigenvalue weighted by Crippen LogP contribution is -2.63. The predicted octanol–water partition coefficient (Wildman–Crippen LogP) is 6.32. The van der Waals surface area contributed by atoms with Crippen LogP contribution in [0.15, 0.2) is 65.8 Å². The molecule has 7 heteroatoms. The van der Waals surface area contributed by atoms with Crippen molar-refractivity contribution in [3.05, 3.63) is 82.2 Å². The van der Waals surface area contributed by atoms with E-state index >= 15 is 0 Å². The Balaban J connectivity index is 1.89. The molecule has 1 saturated heterocycles. The molecule has 0 saturated carbocycles. The van der Waals surface area contributed by atoms with Crippen molar-refractivity contribution < 1.29 is 9.22 Å². The fourth-order valence-electron chi connectivity index (χ4n) is 3.25. The van der Waals surface area contributed by atoms with Crippen LogP contribution in [0, 0.1) is 0 Å². The number of benzene rings is 2. The van der Waals surface area contributed by atoms with E-state index in [0.29, 0.717) is 6.61 Å². The van der Waals surface area contributed by atoms with Crippen LogP contribution in [0.4, 0.5) is 5.69 Å². The van der Waals surface area contributed by atoms with Gasteiger partial charge in [0.15, 0.2) is 8.32 Å². The van der Waals surface area contributed by atoms with Gasteiger partial charge in [-0.2, -0.15) is 0 Å². The van der Waals surface area contributed by atoms with Gasteiger partial charge in [-0.05, 0) is 35.3 Å². The Morgan fingerprint density at radius 2 is 1.77 bits per heavy atom. The highest BCUT2D eigenvalue weighted by Gasteiger charge is 2.47. The molecule has 0 spiro atoms. The van der Waals surface area contributed by atoms with Crippen molar-refractivity contribution in [2.75, 3.05) is 4.90 Å². The van der Waals surface area contributed by atoms with E-state index in [1.807, 2.05) is 66.7 Å². The van der Waals surface area contributed by atoms with Crippen LogP contribution in [0.25, 0.3) is 16.5 Å². The Morgan fingerprint density at radius 1 is 1.13 bits per heavy atom. The number of amides is 1. The van der Waals surface area contributed by atoms with Crippen molar-refractivity contribution in [1.29, 1.82) is 0 Å². The van der Waals surface area contributed by atoms with E-state index in [1.165, 1.54) is 0 Å². The molecule has 2 aromatic carbocycles. The van der Waals surface area contributed by atoms with Crippen LogP contribution in [0.5, 0.6) is 0 Å². The fourth-order valence-corrected chi connectivity index (χ4v) is 4.20. The molecular weight excluding hydrogens is 404 g/mol. The predicted molar refractivity (Wildman–Crippen MR) is 128 cm³/mol. The molecule has 6 nitrogen and oxygen atoms in total. The zero-order valence-corrected chi connectivity index (χ0v) is 19.8. The van der Waals surface area contributed by atoms with Crippen molar-refractivity contribution in [2.45, 2.75) is 57.6 Å². The molecule has 31 heavy (non-hydrogen) atoms. The number of hydrogen-bond donors (Lipinski definition) is 0. The summed E-state index contributed by atoms with van der Waals surface area (Å²) in [5, 5.41) is 3.84. The molecule has 1 heterocycles. The highest BCUT2D eigenvalue weighted by atomic mass is 28.4. The Morgan fingerprint density at radius 3 is 2.42 bits per heavy atom. The average Bonchev–Trinajstić information content (AvgIpc) is 2.73. The molecular formula is C24H30N4O2Si. The summed E-state index contributed by atoms with van der Waals surface area (Å²) in [6.45, 7) is 11.5. The molecule has 1 aliphatic heterocycles. The van der Waals surface area contributed by atoms with Gasteiger partial charge in [-0.25, -0.2) is 0 Å². The number of azide groups is 1. The molecule has 0 radical (unpaired) electrons. The first-order valence-corrected chi connectivity index (χ1v) is 13.4. The first-order valence-electron chi connectivity index (χ1n) is 10.5. The molecule has 3 rings (SSSR count). The molecule has 0 unspecified atom stereocenters. The first kappa shape index (κ1) is 22.8. The highest BCUT2D eigenvalue weighted by Crippen LogP contribution is 2.39. The summed E-state index contributed by atoms with van der Waals surface area (Å²) in [5.74, 6) is -0.194. The van der Waals surface area contributed by atoms with Gasteiger partial charge >= 0.3 is 0 Å². The molecule has 0 N–H and O–H groups in total. The third-order valence-electron chi connectivity index (χ3n) is 6.22. The standard InChI is InChI=1S/C24H30N4O2Si/c1-24(2,3)31(4,5)30-17-19-13-9-10-14-20(19)28-21(22(23(28)29)26-27-25)16-15-18-11-7-6-8-12-18/h6-16,21-22H,17H2,1-5H3/b16-15-/t21-,22+/m0/s1. The molecule has 1 amide bonds. The van der Waals surface area contributed by atoms with Crippen molar-refractivity contribution in [1.82, 2.24) is 0 Å². The van der Waals surface area contributed by atoms with E-state index in [9.17, 15) is 4.79 Å². The van der Waals surface area contributed by atoms with Gasteiger partial charge in [-0.15, -0.1) is 0 Å². The lowest BCUT2D eigenvalue weighted by Gasteiger charge is -2.44. The van der Waals surface area contributed by atoms with Gasteiger partial charge in [-0.1, -0.05) is 86.6 Å². The van der Waals surface area contributed by atoms with Gasteiger partial charge in [0.05, 0.1) is 12.6 Å². The van der Waals surface area contributed by atoms with Gasteiger partial charge in [0.2, 0.25) is 5.91 Å². The summed E-state index contributed by atoms with van der Waals surface area (Å²) < 4.78 is 6.41. The van der Waals surface area contributed by atoms with E-state index < -0.39 is 14.4 Å². The van der Waals surface area contributed by atoms with Gasteiger partial charge in [0.1, 0.15) is 6.04 Å². The van der Waals surface area contributed by atoms with E-state index in [4.69, 9.17) is 9.96 Å². The van der Waals surface area contributed by atoms with Crippen molar-refractivity contribution in [3.8, 4) is 0 Å². The van der Waals surface area contributed by atoms with Crippen LogP contribution in [0.1, 0.15) is 31.9 Å². The minimum absolute atomic E-state index is 0.0993. The molecule has 2 aromatic rings. The lowest BCUT2D eigenvalue weighted by atomic mass is 9.92. The topological polar surface area (TPSA) is 78.3 Å². The van der Waals surface area contributed by atoms with Gasteiger partial charge < -0.3 is 9.33 Å². The monoisotopic (exact) mass is 434 g/mol. The van der Waals surface area contributed by atoms with Crippen LogP contribution in [-0.2, 0) is 15.8 Å². The second-order valence-electron chi connectivity index (χ2n) is 9.30. The molecule has 0 aliphatic carbocycles. The third kappa shape index (κ3) is 4.90. The Hall–Kier alpha value is -2.86. The summed E-state index contributed by atoms with van der Waals surface area (Å²) in [6, 6.07) is 16.6. The van der Waals surface area contributed by atoms with Crippen LogP contribution < -0.4 is 4.90 Å². The number of nitrogens with zero attached hydrogens (tertiary/aromatic N) is 4. The lowest BCUT2D eigenvalue weighted by molar-refractivity contribution is -0.125. The molecule has 1 fully saturated rings. The molecule has 1 aliphatic rings. The molecule has 162 valence electrons. The molecule has 2 atom stereocenters. The summed E-state index contributed by atoms with van der Waals surface area (Å²) in [7, 11) is -1.94. The normalized spacial score (nSPS) is 19.3. The van der Waals surface area contributed by atoms with E-state index in [1.54, 1.807) is 4.90 Å². The van der Waals surface area contributed by atoms with Gasteiger partial charge in [0.25, 0.3) is 0 Å². The smallest absolute Gasteiger partial charge is 0.239 e. The van der Waals surface area contributed by atoms with Crippen molar-refractivity contribution in [2.24, 2.45) is 5.11 Å². The van der Waals surface area contributed by atoms with E-state index in [-0.39, 0.29) is 17.0 Å². The average molecular weight is 435 g/mol. The number of anilines is 1. The third-order valence-corrected chi connectivity index (χ3v) is 10.7. The second kappa shape index (κ2) is 9.10. The fraction of sp³-hybridized carbons (Fsp3) is 0.375. The zero-order valence-electron chi connectivity index (χ0n) is 18.8. The molecule has 0 bridgehead atoms. The maximum atomic E-state index is 12.9. The minimum atomic E-state index is -1.94. The van der Waals surface area contributed by atoms with Crippen LogP contribution in [0.3, 0.4) is 0 Å². The maximum Gasteiger partial charge on any atom is 0.239 e.